The molecule has 0 saturated heterocycles. The van der Waals surface area contributed by atoms with Crippen molar-refractivity contribution in [2.75, 3.05) is 0 Å². The average Bonchev–Trinajstić information content (AvgIpc) is 2.66. The molecule has 0 unspecified atom stereocenters. The van der Waals surface area contributed by atoms with Gasteiger partial charge in [-0.2, -0.15) is 4.72 Å². The summed E-state index contributed by atoms with van der Waals surface area (Å²) in [5.74, 6) is -1.51. The molecule has 0 aromatic heterocycles. The quantitative estimate of drug-likeness (QED) is 0.554. The minimum Gasteiger partial charge on any atom is -0.453 e. The molecule has 1 N–H and O–H groups in total. The fourth-order valence-corrected chi connectivity index (χ4v) is 3.78. The van der Waals surface area contributed by atoms with Gasteiger partial charge in [0.05, 0.1) is 4.90 Å². The molecule has 2 atom stereocenters. The van der Waals surface area contributed by atoms with Crippen LogP contribution in [-0.4, -0.2) is 32.3 Å². The molecule has 0 amide bonds. The smallest absolute Gasteiger partial charge is 0.325 e. The Kier molecular flexibility index (Phi) is 6.87. The van der Waals surface area contributed by atoms with Gasteiger partial charge >= 0.3 is 5.97 Å². The standard InChI is InChI=1S/C20H23NO5S/c1-14(2)18(21-27(24,25)17-12-8-5-9-13-17)20(23)26-15(3)19(22)16-10-6-4-7-11-16/h4-15,18,21H,1-3H3/t15-,18+/m0/s1. The predicted molar refractivity (Wildman–Crippen MR) is 102 cm³/mol. The minimum atomic E-state index is -3.89. The van der Waals surface area contributed by atoms with Gasteiger partial charge in [0, 0.05) is 5.56 Å². The van der Waals surface area contributed by atoms with Crippen LogP contribution < -0.4 is 4.72 Å². The van der Waals surface area contributed by atoms with E-state index in [9.17, 15) is 18.0 Å². The normalized spacial score (nSPS) is 13.8. The third-order valence-corrected chi connectivity index (χ3v) is 5.43. The first kappa shape index (κ1) is 20.8. The highest BCUT2D eigenvalue weighted by Crippen LogP contribution is 2.14. The van der Waals surface area contributed by atoms with Crippen molar-refractivity contribution < 1.29 is 22.7 Å². The van der Waals surface area contributed by atoms with Crippen molar-refractivity contribution in [1.82, 2.24) is 4.72 Å². The zero-order chi connectivity index (χ0) is 20.0. The number of ether oxygens (including phenoxy) is 1. The van der Waals surface area contributed by atoms with Crippen molar-refractivity contribution >= 4 is 21.8 Å². The van der Waals surface area contributed by atoms with E-state index in [1.165, 1.54) is 19.1 Å². The van der Waals surface area contributed by atoms with Crippen LogP contribution in [0.15, 0.2) is 65.6 Å². The van der Waals surface area contributed by atoms with Crippen LogP contribution in [0.2, 0.25) is 0 Å². The Morgan fingerprint density at radius 3 is 1.93 bits per heavy atom. The summed E-state index contributed by atoms with van der Waals surface area (Å²) in [4.78, 5) is 25.0. The van der Waals surface area contributed by atoms with Crippen LogP contribution in [-0.2, 0) is 19.6 Å². The molecule has 6 nitrogen and oxygen atoms in total. The Labute approximate surface area is 159 Å². The highest BCUT2D eigenvalue weighted by atomic mass is 32.2. The molecule has 144 valence electrons. The van der Waals surface area contributed by atoms with Crippen LogP contribution in [0.4, 0.5) is 0 Å². The van der Waals surface area contributed by atoms with Gasteiger partial charge in [-0.15, -0.1) is 0 Å². The zero-order valence-corrected chi connectivity index (χ0v) is 16.3. The lowest BCUT2D eigenvalue weighted by Gasteiger charge is -2.22. The number of sulfonamides is 1. The Morgan fingerprint density at radius 1 is 0.889 bits per heavy atom. The van der Waals surface area contributed by atoms with Crippen molar-refractivity contribution in [2.24, 2.45) is 5.92 Å². The SMILES string of the molecule is CC(C)[C@@H](NS(=O)(=O)c1ccccc1)C(=O)O[C@@H](C)C(=O)c1ccccc1. The molecule has 7 heteroatoms. The summed E-state index contributed by atoms with van der Waals surface area (Å²) in [5.41, 5.74) is 0.420. The second-order valence-electron chi connectivity index (χ2n) is 6.47. The molecule has 0 fully saturated rings. The zero-order valence-electron chi connectivity index (χ0n) is 15.5. The number of nitrogens with one attached hydrogen (secondary N) is 1. The lowest BCUT2D eigenvalue weighted by Crippen LogP contribution is -2.46. The van der Waals surface area contributed by atoms with E-state index in [0.29, 0.717) is 5.56 Å². The van der Waals surface area contributed by atoms with E-state index in [1.807, 2.05) is 0 Å². The number of carbonyl (C=O) groups excluding carboxylic acids is 2. The van der Waals surface area contributed by atoms with E-state index >= 15 is 0 Å². The molecule has 0 heterocycles. The van der Waals surface area contributed by atoms with Gasteiger partial charge in [0.15, 0.2) is 6.10 Å². The van der Waals surface area contributed by atoms with Gasteiger partial charge in [-0.25, -0.2) is 8.42 Å². The van der Waals surface area contributed by atoms with Gasteiger partial charge in [0.2, 0.25) is 15.8 Å². The molecule has 0 spiro atoms. The third-order valence-electron chi connectivity index (χ3n) is 3.98. The van der Waals surface area contributed by atoms with Gasteiger partial charge in [-0.05, 0) is 25.0 Å². The fraction of sp³-hybridized carbons (Fsp3) is 0.300. The minimum absolute atomic E-state index is 0.0526. The largest absolute Gasteiger partial charge is 0.453 e. The molecular weight excluding hydrogens is 366 g/mol. The Hall–Kier alpha value is -2.51. The van der Waals surface area contributed by atoms with E-state index in [0.717, 1.165) is 0 Å². The van der Waals surface area contributed by atoms with Crippen molar-refractivity contribution in [2.45, 2.75) is 37.8 Å². The topological polar surface area (TPSA) is 89.5 Å². The number of hydrogen-bond acceptors (Lipinski definition) is 5. The second-order valence-corrected chi connectivity index (χ2v) is 8.18. The first-order valence-electron chi connectivity index (χ1n) is 8.59. The van der Waals surface area contributed by atoms with Crippen LogP contribution in [0.3, 0.4) is 0 Å². The van der Waals surface area contributed by atoms with Crippen molar-refractivity contribution in [1.29, 1.82) is 0 Å². The van der Waals surface area contributed by atoms with Crippen LogP contribution in [0, 0.1) is 5.92 Å². The van der Waals surface area contributed by atoms with E-state index < -0.39 is 28.1 Å². The number of carbonyl (C=O) groups is 2. The number of ketones is 1. The van der Waals surface area contributed by atoms with Gasteiger partial charge in [-0.3, -0.25) is 9.59 Å². The van der Waals surface area contributed by atoms with Crippen molar-refractivity contribution in [3.63, 3.8) is 0 Å². The van der Waals surface area contributed by atoms with Crippen LogP contribution >= 0.6 is 0 Å². The van der Waals surface area contributed by atoms with Gasteiger partial charge in [0.25, 0.3) is 0 Å². The summed E-state index contributed by atoms with van der Waals surface area (Å²) in [5, 5.41) is 0. The summed E-state index contributed by atoms with van der Waals surface area (Å²) < 4.78 is 32.6. The van der Waals surface area contributed by atoms with Crippen molar-refractivity contribution in [3.05, 3.63) is 66.2 Å². The maximum atomic E-state index is 12.5. The third kappa shape index (κ3) is 5.48. The number of rotatable bonds is 8. The number of hydrogen-bond donors (Lipinski definition) is 1. The molecule has 27 heavy (non-hydrogen) atoms. The molecular formula is C20H23NO5S. The van der Waals surface area contributed by atoms with Gasteiger partial charge in [0.1, 0.15) is 6.04 Å². The highest BCUT2D eigenvalue weighted by molar-refractivity contribution is 7.89. The second kappa shape index (κ2) is 8.92. The number of Topliss-reactive ketones (excluding diaryl/α,β-unsaturated/α-hetero) is 1. The number of benzene rings is 2. The van der Waals surface area contributed by atoms with Crippen molar-refractivity contribution in [3.8, 4) is 0 Å². The molecule has 0 aliphatic rings. The fourth-order valence-electron chi connectivity index (χ4n) is 2.43. The molecule has 0 bridgehead atoms. The van der Waals surface area contributed by atoms with E-state index in [2.05, 4.69) is 4.72 Å². The highest BCUT2D eigenvalue weighted by Gasteiger charge is 2.32. The summed E-state index contributed by atoms with van der Waals surface area (Å²) in [7, 11) is -3.89. The molecule has 2 aromatic rings. The maximum Gasteiger partial charge on any atom is 0.325 e. The maximum absolute atomic E-state index is 12.5. The monoisotopic (exact) mass is 389 g/mol. The molecule has 2 aromatic carbocycles. The Morgan fingerprint density at radius 2 is 1.41 bits per heavy atom. The summed E-state index contributed by atoms with van der Waals surface area (Å²) in [6.45, 7) is 4.86. The Bertz CT molecular complexity index is 879. The number of esters is 1. The van der Waals surface area contributed by atoms with E-state index in [4.69, 9.17) is 4.74 Å². The van der Waals surface area contributed by atoms with Gasteiger partial charge in [-0.1, -0.05) is 62.4 Å². The molecule has 0 aliphatic carbocycles. The first-order valence-corrected chi connectivity index (χ1v) is 10.1. The summed E-state index contributed by atoms with van der Waals surface area (Å²) >= 11 is 0. The molecule has 0 saturated carbocycles. The Balaban J connectivity index is 2.12. The summed E-state index contributed by atoms with van der Waals surface area (Å²) in [6.07, 6.45) is -1.03. The lowest BCUT2D eigenvalue weighted by molar-refractivity contribution is -0.149. The molecule has 2 rings (SSSR count). The van der Waals surface area contributed by atoms with E-state index in [-0.39, 0.29) is 16.6 Å². The molecule has 0 radical (unpaired) electrons. The summed E-state index contributed by atoms with van der Waals surface area (Å²) in [6, 6.07) is 15.1. The van der Waals surface area contributed by atoms with Crippen LogP contribution in [0.5, 0.6) is 0 Å². The first-order chi connectivity index (χ1) is 12.7. The van der Waals surface area contributed by atoms with Gasteiger partial charge < -0.3 is 4.74 Å². The average molecular weight is 389 g/mol. The van der Waals surface area contributed by atoms with Crippen LogP contribution in [0.25, 0.3) is 0 Å². The molecule has 0 aliphatic heterocycles. The van der Waals surface area contributed by atoms with E-state index in [1.54, 1.807) is 62.4 Å². The predicted octanol–water partition coefficient (Wildman–Crippen LogP) is 2.80. The lowest BCUT2D eigenvalue weighted by atomic mass is 10.1. The van der Waals surface area contributed by atoms with Crippen LogP contribution in [0.1, 0.15) is 31.1 Å².